The van der Waals surface area contributed by atoms with Crippen molar-refractivity contribution in [3.05, 3.63) is 11.6 Å². The second kappa shape index (κ2) is 6.60. The maximum atomic E-state index is 5.78. The minimum absolute atomic E-state index is 0.130. The average Bonchev–Trinajstić information content (AvgIpc) is 1.89. The summed E-state index contributed by atoms with van der Waals surface area (Å²) in [6.45, 7) is 0. The Morgan fingerprint density at radius 1 is 1.30 bits per heavy atom. The van der Waals surface area contributed by atoms with Crippen LogP contribution in [-0.2, 0) is 0 Å². The lowest BCUT2D eigenvalue weighted by Gasteiger charge is -2.09. The number of halogens is 4. The van der Waals surface area contributed by atoms with Gasteiger partial charge in [0.15, 0.2) is 0 Å². The predicted octanol–water partition coefficient (Wildman–Crippen LogP) is 3.58. The molecule has 0 amide bonds. The van der Waals surface area contributed by atoms with Crippen LogP contribution in [0.2, 0.25) is 0 Å². The summed E-state index contributed by atoms with van der Waals surface area (Å²) in [5.74, 6) is 0.521. The lowest BCUT2D eigenvalue weighted by atomic mass is 10.2. The molecule has 0 aromatic heterocycles. The van der Waals surface area contributed by atoms with Gasteiger partial charge in [0, 0.05) is 11.4 Å². The Hall–Kier alpha value is 0.900. The zero-order chi connectivity index (χ0) is 7.98. The van der Waals surface area contributed by atoms with Crippen LogP contribution in [0, 0.1) is 0 Å². The Morgan fingerprint density at radius 3 is 2.30 bits per heavy atom. The van der Waals surface area contributed by atoms with Gasteiger partial charge in [-0.1, -0.05) is 17.7 Å². The van der Waals surface area contributed by atoms with Crippen LogP contribution in [-0.4, -0.2) is 16.6 Å². The van der Waals surface area contributed by atoms with Crippen molar-refractivity contribution >= 4 is 46.4 Å². The van der Waals surface area contributed by atoms with E-state index >= 15 is 0 Å². The second-order valence-corrected chi connectivity index (χ2v) is 3.45. The maximum absolute atomic E-state index is 5.78. The smallest absolute Gasteiger partial charge is 0.0691 e. The molecular formula is C6H8Cl4. The Bertz CT molecular complexity index is 102. The van der Waals surface area contributed by atoms with Gasteiger partial charge in [-0.15, -0.1) is 34.8 Å². The number of hydrogen-bond acceptors (Lipinski definition) is 0. The van der Waals surface area contributed by atoms with Crippen LogP contribution in [0.25, 0.3) is 0 Å². The molecule has 4 heteroatoms. The number of hydrogen-bond donors (Lipinski definition) is 0. The van der Waals surface area contributed by atoms with E-state index in [1.165, 1.54) is 5.54 Å². The van der Waals surface area contributed by atoms with E-state index in [2.05, 4.69) is 0 Å². The summed E-state index contributed by atoms with van der Waals surface area (Å²) < 4.78 is 0. The third-order valence-corrected chi connectivity index (χ3v) is 2.42. The van der Waals surface area contributed by atoms with E-state index in [0.717, 1.165) is 0 Å². The van der Waals surface area contributed by atoms with E-state index in [-0.39, 0.29) is 10.8 Å². The third-order valence-electron chi connectivity index (χ3n) is 0.987. The van der Waals surface area contributed by atoms with E-state index < -0.39 is 0 Å². The first-order chi connectivity index (χ1) is 4.72. The monoisotopic (exact) mass is 220 g/mol. The second-order valence-electron chi connectivity index (χ2n) is 1.76. The molecule has 0 nitrogen and oxygen atoms in total. The summed E-state index contributed by atoms with van der Waals surface area (Å²) in [5.41, 5.74) is 1.36. The molecule has 0 N–H and O–H groups in total. The summed E-state index contributed by atoms with van der Waals surface area (Å²) in [6, 6.07) is 0. The fraction of sp³-hybridized carbons (Fsp3) is 0.667. The molecule has 0 aliphatic carbocycles. The summed E-state index contributed by atoms with van der Waals surface area (Å²) in [6.07, 6.45) is 2.33. The van der Waals surface area contributed by atoms with E-state index in [1.54, 1.807) is 6.08 Å². The molecule has 0 radical (unpaired) electrons. The normalized spacial score (nSPS) is 17.6. The molecule has 10 heavy (non-hydrogen) atoms. The van der Waals surface area contributed by atoms with Crippen LogP contribution in [0.1, 0.15) is 6.42 Å². The molecule has 0 heterocycles. The molecular weight excluding hydrogens is 214 g/mol. The SMILES string of the molecule is ClC=CC(Cl)C(Cl)CCCl. The average molecular weight is 222 g/mol. The summed E-state index contributed by atoms with van der Waals surface area (Å²) in [4.78, 5) is 0. The van der Waals surface area contributed by atoms with Crippen LogP contribution in [0.5, 0.6) is 0 Å². The Kier molecular flexibility index (Phi) is 7.19. The van der Waals surface area contributed by atoms with Gasteiger partial charge in [0.2, 0.25) is 0 Å². The van der Waals surface area contributed by atoms with E-state index in [1.807, 2.05) is 0 Å². The van der Waals surface area contributed by atoms with Crippen molar-refractivity contribution in [2.24, 2.45) is 0 Å². The molecule has 0 spiro atoms. The standard InChI is InChI=1S/C6H8Cl4/c7-3-1-5(9)6(10)2-4-8/h1,3,5-6H,2,4H2. The van der Waals surface area contributed by atoms with Gasteiger partial charge in [-0.25, -0.2) is 0 Å². The number of allylic oxidation sites excluding steroid dienone is 1. The van der Waals surface area contributed by atoms with Gasteiger partial charge in [0.05, 0.1) is 10.8 Å². The topological polar surface area (TPSA) is 0 Å². The fourth-order valence-electron chi connectivity index (χ4n) is 0.454. The third kappa shape index (κ3) is 4.68. The van der Waals surface area contributed by atoms with Crippen LogP contribution in [0.4, 0.5) is 0 Å². The van der Waals surface area contributed by atoms with Crippen LogP contribution in [0.15, 0.2) is 11.6 Å². The molecule has 0 aliphatic heterocycles. The van der Waals surface area contributed by atoms with E-state index in [9.17, 15) is 0 Å². The van der Waals surface area contributed by atoms with Crippen LogP contribution in [0.3, 0.4) is 0 Å². The first-order valence-corrected chi connectivity index (χ1v) is 4.67. The van der Waals surface area contributed by atoms with Gasteiger partial charge < -0.3 is 0 Å². The van der Waals surface area contributed by atoms with Gasteiger partial charge in [-0.3, -0.25) is 0 Å². The van der Waals surface area contributed by atoms with E-state index in [4.69, 9.17) is 46.4 Å². The molecule has 0 bridgehead atoms. The van der Waals surface area contributed by atoms with Crippen LogP contribution < -0.4 is 0 Å². The predicted molar refractivity (Wildman–Crippen MR) is 49.6 cm³/mol. The minimum atomic E-state index is -0.224. The lowest BCUT2D eigenvalue weighted by Crippen LogP contribution is -2.12. The fourth-order valence-corrected chi connectivity index (χ4v) is 1.42. The Morgan fingerprint density at radius 2 is 1.90 bits per heavy atom. The van der Waals surface area contributed by atoms with Gasteiger partial charge in [0.1, 0.15) is 0 Å². The summed E-state index contributed by atoms with van der Waals surface area (Å²) in [5, 5.41) is -0.355. The maximum Gasteiger partial charge on any atom is 0.0691 e. The Labute approximate surface area is 81.1 Å². The molecule has 60 valence electrons. The molecule has 2 atom stereocenters. The molecule has 0 fully saturated rings. The molecule has 0 aliphatic rings. The molecule has 0 saturated carbocycles. The quantitative estimate of drug-likeness (QED) is 0.637. The van der Waals surface area contributed by atoms with Crippen molar-refractivity contribution in [2.45, 2.75) is 17.2 Å². The molecule has 2 unspecified atom stereocenters. The van der Waals surface area contributed by atoms with Gasteiger partial charge in [-0.05, 0) is 6.42 Å². The highest BCUT2D eigenvalue weighted by Gasteiger charge is 2.11. The zero-order valence-corrected chi connectivity index (χ0v) is 8.26. The van der Waals surface area contributed by atoms with Crippen molar-refractivity contribution < 1.29 is 0 Å². The first kappa shape index (κ1) is 10.9. The first-order valence-electron chi connectivity index (χ1n) is 2.83. The molecule has 0 saturated heterocycles. The minimum Gasteiger partial charge on any atom is -0.127 e. The summed E-state index contributed by atoms with van der Waals surface area (Å²) >= 11 is 22.3. The molecule has 0 aromatic rings. The van der Waals surface area contributed by atoms with Gasteiger partial charge >= 0.3 is 0 Å². The van der Waals surface area contributed by atoms with Crippen molar-refractivity contribution in [3.63, 3.8) is 0 Å². The van der Waals surface area contributed by atoms with Gasteiger partial charge in [-0.2, -0.15) is 0 Å². The highest BCUT2D eigenvalue weighted by Crippen LogP contribution is 2.15. The highest BCUT2D eigenvalue weighted by atomic mass is 35.5. The van der Waals surface area contributed by atoms with Crippen molar-refractivity contribution in [1.29, 1.82) is 0 Å². The van der Waals surface area contributed by atoms with Crippen molar-refractivity contribution in [3.8, 4) is 0 Å². The molecule has 0 rings (SSSR count). The van der Waals surface area contributed by atoms with E-state index in [0.29, 0.717) is 12.3 Å². The van der Waals surface area contributed by atoms with Crippen molar-refractivity contribution in [1.82, 2.24) is 0 Å². The molecule has 0 aromatic carbocycles. The largest absolute Gasteiger partial charge is 0.127 e. The number of rotatable bonds is 4. The highest BCUT2D eigenvalue weighted by molar-refractivity contribution is 6.32. The number of alkyl halides is 3. The Balaban J connectivity index is 3.58. The zero-order valence-electron chi connectivity index (χ0n) is 5.24. The van der Waals surface area contributed by atoms with Gasteiger partial charge in [0.25, 0.3) is 0 Å². The lowest BCUT2D eigenvalue weighted by molar-refractivity contribution is 0.837. The summed E-state index contributed by atoms with van der Waals surface area (Å²) in [7, 11) is 0. The van der Waals surface area contributed by atoms with Crippen LogP contribution >= 0.6 is 46.4 Å². The van der Waals surface area contributed by atoms with Crippen molar-refractivity contribution in [2.75, 3.05) is 5.88 Å².